The van der Waals surface area contributed by atoms with E-state index in [9.17, 15) is 4.79 Å². The summed E-state index contributed by atoms with van der Waals surface area (Å²) in [7, 11) is 3.88. The molecule has 0 unspecified atom stereocenters. The highest BCUT2D eigenvalue weighted by molar-refractivity contribution is 5.82. The number of benzene rings is 1. The molecular formula is C17H24N4O. The van der Waals surface area contributed by atoms with Crippen LogP contribution >= 0.6 is 0 Å². The van der Waals surface area contributed by atoms with Gasteiger partial charge >= 0.3 is 0 Å². The van der Waals surface area contributed by atoms with Crippen molar-refractivity contribution in [2.24, 2.45) is 12.5 Å². The maximum atomic E-state index is 12.8. The van der Waals surface area contributed by atoms with Gasteiger partial charge in [-0.25, -0.2) is 4.98 Å². The van der Waals surface area contributed by atoms with E-state index in [1.807, 2.05) is 37.2 Å². The zero-order valence-corrected chi connectivity index (χ0v) is 13.6. The van der Waals surface area contributed by atoms with Crippen LogP contribution in [0.2, 0.25) is 0 Å². The number of hydrogen-bond donors (Lipinski definition) is 1. The highest BCUT2D eigenvalue weighted by Gasteiger charge is 2.36. The summed E-state index contributed by atoms with van der Waals surface area (Å²) in [5, 5.41) is 3.34. The maximum absolute atomic E-state index is 12.8. The van der Waals surface area contributed by atoms with Crippen molar-refractivity contribution in [3.05, 3.63) is 30.1 Å². The number of aryl methyl sites for hydroxylation is 1. The molecule has 0 saturated carbocycles. The quantitative estimate of drug-likeness (QED) is 0.942. The molecule has 1 N–H and O–H groups in total. The standard InChI is InChI=1S/C17H24N4O/c1-17(9-6-10-18-12-17)16(22)20(2)11-15-19-13-7-4-5-8-14(13)21(15)3/h4-5,7-8,18H,6,9-12H2,1-3H3/t17-/m1/s1. The highest BCUT2D eigenvalue weighted by Crippen LogP contribution is 2.28. The van der Waals surface area contributed by atoms with Gasteiger partial charge in [0.1, 0.15) is 5.82 Å². The van der Waals surface area contributed by atoms with E-state index in [0.717, 1.165) is 42.8 Å². The lowest BCUT2D eigenvalue weighted by atomic mass is 9.81. The van der Waals surface area contributed by atoms with Gasteiger partial charge in [-0.2, -0.15) is 0 Å². The molecule has 1 aliphatic heterocycles. The summed E-state index contributed by atoms with van der Waals surface area (Å²) in [4.78, 5) is 19.3. The summed E-state index contributed by atoms with van der Waals surface area (Å²) in [6.07, 6.45) is 2.01. The number of imidazole rings is 1. The lowest BCUT2D eigenvalue weighted by Gasteiger charge is -2.35. The first kappa shape index (κ1) is 15.0. The normalized spacial score (nSPS) is 22.0. The third-order valence-corrected chi connectivity index (χ3v) is 4.72. The molecule has 1 aromatic heterocycles. The van der Waals surface area contributed by atoms with Gasteiger partial charge in [0.15, 0.2) is 0 Å². The van der Waals surface area contributed by atoms with Crippen molar-refractivity contribution in [2.75, 3.05) is 20.1 Å². The second kappa shape index (κ2) is 5.72. The monoisotopic (exact) mass is 300 g/mol. The molecule has 0 spiro atoms. The number of piperidine rings is 1. The summed E-state index contributed by atoms with van der Waals surface area (Å²) in [6.45, 7) is 4.38. The van der Waals surface area contributed by atoms with Gasteiger partial charge < -0.3 is 14.8 Å². The number of aromatic nitrogens is 2. The predicted octanol–water partition coefficient (Wildman–Crippen LogP) is 1.92. The molecule has 5 nitrogen and oxygen atoms in total. The summed E-state index contributed by atoms with van der Waals surface area (Å²) >= 11 is 0. The van der Waals surface area contributed by atoms with Crippen LogP contribution in [0.1, 0.15) is 25.6 Å². The Bertz CT molecular complexity index is 685. The molecule has 3 rings (SSSR count). The van der Waals surface area contributed by atoms with E-state index in [0.29, 0.717) is 6.54 Å². The third-order valence-electron chi connectivity index (χ3n) is 4.72. The Labute approximate surface area is 131 Å². The number of carbonyl (C=O) groups is 1. The summed E-state index contributed by atoms with van der Waals surface area (Å²) in [6, 6.07) is 8.06. The van der Waals surface area contributed by atoms with E-state index in [2.05, 4.69) is 27.9 Å². The highest BCUT2D eigenvalue weighted by atomic mass is 16.2. The van der Waals surface area contributed by atoms with Crippen LogP contribution in [-0.2, 0) is 18.4 Å². The summed E-state index contributed by atoms with van der Waals surface area (Å²) in [5.41, 5.74) is 1.78. The van der Waals surface area contributed by atoms with E-state index in [4.69, 9.17) is 0 Å². The van der Waals surface area contributed by atoms with Crippen LogP contribution in [-0.4, -0.2) is 40.5 Å². The Morgan fingerprint density at radius 3 is 2.91 bits per heavy atom. The van der Waals surface area contributed by atoms with Crippen molar-refractivity contribution in [2.45, 2.75) is 26.3 Å². The van der Waals surface area contributed by atoms with E-state index < -0.39 is 0 Å². The predicted molar refractivity (Wildman–Crippen MR) is 87.4 cm³/mol. The van der Waals surface area contributed by atoms with Crippen LogP contribution in [0.25, 0.3) is 11.0 Å². The van der Waals surface area contributed by atoms with Crippen molar-refractivity contribution >= 4 is 16.9 Å². The molecular weight excluding hydrogens is 276 g/mol. The Kier molecular flexibility index (Phi) is 3.91. The Hall–Kier alpha value is -1.88. The molecule has 5 heteroatoms. The number of hydrogen-bond acceptors (Lipinski definition) is 3. The molecule has 22 heavy (non-hydrogen) atoms. The van der Waals surface area contributed by atoms with Gasteiger partial charge in [0, 0.05) is 20.6 Å². The molecule has 2 heterocycles. The fourth-order valence-corrected chi connectivity index (χ4v) is 3.32. The van der Waals surface area contributed by atoms with E-state index in [1.165, 1.54) is 0 Å². The average molecular weight is 300 g/mol. The molecule has 1 fully saturated rings. The van der Waals surface area contributed by atoms with Gasteiger partial charge in [0.05, 0.1) is 23.0 Å². The van der Waals surface area contributed by atoms with Crippen LogP contribution in [0.5, 0.6) is 0 Å². The van der Waals surface area contributed by atoms with Gasteiger partial charge in [-0.05, 0) is 38.4 Å². The van der Waals surface area contributed by atoms with Crippen molar-refractivity contribution in [3.63, 3.8) is 0 Å². The van der Waals surface area contributed by atoms with E-state index in [1.54, 1.807) is 0 Å². The van der Waals surface area contributed by atoms with E-state index in [-0.39, 0.29) is 11.3 Å². The molecule has 0 aliphatic carbocycles. The molecule has 2 aromatic rings. The molecule has 0 radical (unpaired) electrons. The van der Waals surface area contributed by atoms with Crippen molar-refractivity contribution in [1.82, 2.24) is 19.8 Å². The Morgan fingerprint density at radius 2 is 2.23 bits per heavy atom. The smallest absolute Gasteiger partial charge is 0.229 e. The Morgan fingerprint density at radius 1 is 1.45 bits per heavy atom. The SMILES string of the molecule is CN(Cc1nc2ccccc2n1C)C(=O)[C@]1(C)CCCNC1. The number of amides is 1. The van der Waals surface area contributed by atoms with Gasteiger partial charge in [-0.15, -0.1) is 0 Å². The lowest BCUT2D eigenvalue weighted by Crippen LogP contribution is -2.49. The summed E-state index contributed by atoms with van der Waals surface area (Å²) in [5.74, 6) is 1.12. The maximum Gasteiger partial charge on any atom is 0.229 e. The third kappa shape index (κ3) is 2.61. The lowest BCUT2D eigenvalue weighted by molar-refractivity contribution is -0.141. The van der Waals surface area contributed by atoms with Crippen LogP contribution in [0, 0.1) is 5.41 Å². The molecule has 0 bridgehead atoms. The van der Waals surface area contributed by atoms with Crippen molar-refractivity contribution < 1.29 is 4.79 Å². The molecule has 1 aromatic carbocycles. The van der Waals surface area contributed by atoms with Gasteiger partial charge in [0.25, 0.3) is 0 Å². The Balaban J connectivity index is 1.79. The number of fused-ring (bicyclic) bond motifs is 1. The summed E-state index contributed by atoms with van der Waals surface area (Å²) < 4.78 is 2.07. The zero-order chi connectivity index (χ0) is 15.7. The second-order valence-electron chi connectivity index (χ2n) is 6.58. The molecule has 118 valence electrons. The van der Waals surface area contributed by atoms with Crippen molar-refractivity contribution in [1.29, 1.82) is 0 Å². The fraction of sp³-hybridized carbons (Fsp3) is 0.529. The number of nitrogens with one attached hydrogen (secondary N) is 1. The van der Waals surface area contributed by atoms with E-state index >= 15 is 0 Å². The van der Waals surface area contributed by atoms with Crippen molar-refractivity contribution in [3.8, 4) is 0 Å². The fourth-order valence-electron chi connectivity index (χ4n) is 3.32. The first-order chi connectivity index (χ1) is 10.5. The van der Waals surface area contributed by atoms with Crippen LogP contribution < -0.4 is 5.32 Å². The first-order valence-electron chi connectivity index (χ1n) is 7.88. The minimum absolute atomic E-state index is 0.201. The van der Waals surface area contributed by atoms with Crippen LogP contribution in [0.4, 0.5) is 0 Å². The molecule has 1 aliphatic rings. The molecule has 1 saturated heterocycles. The topological polar surface area (TPSA) is 50.2 Å². The van der Waals surface area contributed by atoms with Gasteiger partial charge in [0.2, 0.25) is 5.91 Å². The number of carbonyl (C=O) groups excluding carboxylic acids is 1. The minimum atomic E-state index is -0.294. The second-order valence-corrected chi connectivity index (χ2v) is 6.58. The van der Waals surface area contributed by atoms with Gasteiger partial charge in [-0.1, -0.05) is 12.1 Å². The van der Waals surface area contributed by atoms with Crippen LogP contribution in [0.3, 0.4) is 0 Å². The van der Waals surface area contributed by atoms with Gasteiger partial charge in [-0.3, -0.25) is 4.79 Å². The largest absolute Gasteiger partial charge is 0.338 e. The molecule has 1 atom stereocenters. The van der Waals surface area contributed by atoms with Crippen LogP contribution in [0.15, 0.2) is 24.3 Å². The average Bonchev–Trinajstić information content (AvgIpc) is 2.84. The first-order valence-corrected chi connectivity index (χ1v) is 7.88. The number of para-hydroxylation sites is 2. The number of rotatable bonds is 3. The minimum Gasteiger partial charge on any atom is -0.338 e. The number of nitrogens with zero attached hydrogens (tertiary/aromatic N) is 3. The zero-order valence-electron chi connectivity index (χ0n) is 13.6. The molecule has 1 amide bonds.